The summed E-state index contributed by atoms with van der Waals surface area (Å²) in [6, 6.07) is 7.65. The average Bonchev–Trinajstić information content (AvgIpc) is 2.67. The Morgan fingerprint density at radius 2 is 1.71 bits per heavy atom. The third-order valence-corrected chi connectivity index (χ3v) is 5.19. The van der Waals surface area contributed by atoms with Crippen LogP contribution in [0.25, 0.3) is 6.08 Å². The number of aliphatic hydroxyl groups is 3. The van der Waals surface area contributed by atoms with Gasteiger partial charge in [0.05, 0.1) is 18.8 Å². The lowest BCUT2D eigenvalue weighted by atomic mass is 10.00. The fourth-order valence-electron chi connectivity index (χ4n) is 3.73. The first-order valence-corrected chi connectivity index (χ1v) is 9.52. The minimum absolute atomic E-state index is 0.148. The molecule has 28 heavy (non-hydrogen) atoms. The molecule has 0 bridgehead atoms. The summed E-state index contributed by atoms with van der Waals surface area (Å²) in [7, 11) is 0. The van der Waals surface area contributed by atoms with Crippen molar-refractivity contribution in [3.05, 3.63) is 42.0 Å². The smallest absolute Gasteiger partial charge is 0.184 e. The summed E-state index contributed by atoms with van der Waals surface area (Å²) in [6.45, 7) is 3.98. The lowest BCUT2D eigenvalue weighted by Crippen LogP contribution is -2.56. The van der Waals surface area contributed by atoms with E-state index in [0.717, 1.165) is 11.1 Å². The Hall–Kier alpha value is -1.36. The highest BCUT2D eigenvalue weighted by Gasteiger charge is 2.45. The molecule has 8 atom stereocenters. The Bertz CT molecular complexity index is 655. The quantitative estimate of drug-likeness (QED) is 0.696. The molecule has 0 saturated carbocycles. The number of aliphatic hydroxyl groups excluding tert-OH is 3. The Balaban J connectivity index is 1.35. The molecule has 0 spiro atoms. The van der Waals surface area contributed by atoms with Crippen LogP contribution in [-0.4, -0.2) is 65.2 Å². The minimum Gasteiger partial charge on any atom is -0.393 e. The van der Waals surface area contributed by atoms with Gasteiger partial charge in [-0.1, -0.05) is 36.9 Å². The zero-order valence-electron chi connectivity index (χ0n) is 15.4. The predicted molar refractivity (Wildman–Crippen MR) is 96.6 cm³/mol. The summed E-state index contributed by atoms with van der Waals surface area (Å²) in [5, 5.41) is 29.9. The van der Waals surface area contributed by atoms with Crippen LogP contribution in [0.2, 0.25) is 0 Å². The van der Waals surface area contributed by atoms with E-state index >= 15 is 0 Å². The van der Waals surface area contributed by atoms with Crippen molar-refractivity contribution < 1.29 is 39.0 Å². The van der Waals surface area contributed by atoms with Gasteiger partial charge in [-0.15, -0.1) is 0 Å². The molecule has 3 fully saturated rings. The van der Waals surface area contributed by atoms with Crippen molar-refractivity contribution in [2.75, 3.05) is 6.61 Å². The fourth-order valence-corrected chi connectivity index (χ4v) is 3.73. The van der Waals surface area contributed by atoms with E-state index in [2.05, 4.69) is 6.58 Å². The van der Waals surface area contributed by atoms with E-state index in [-0.39, 0.29) is 25.9 Å². The predicted octanol–water partition coefficient (Wildman–Crippen LogP) is 1.05. The second kappa shape index (κ2) is 8.56. The third kappa shape index (κ3) is 4.45. The molecular formula is C20H26O8. The van der Waals surface area contributed by atoms with Gasteiger partial charge in [-0.05, 0) is 5.56 Å². The molecule has 1 aromatic carbocycles. The molecular weight excluding hydrogens is 368 g/mol. The molecule has 8 nitrogen and oxygen atoms in total. The lowest BCUT2D eigenvalue weighted by molar-refractivity contribution is -0.369. The summed E-state index contributed by atoms with van der Waals surface area (Å²) in [5.41, 5.74) is 1.85. The molecule has 4 rings (SSSR count). The first-order valence-electron chi connectivity index (χ1n) is 9.52. The summed E-state index contributed by atoms with van der Waals surface area (Å²) >= 11 is 0. The standard InChI is InChI=1S/C20H26O8/c1-2-11-3-5-12(6-4-11)20-24-10-15-19(28-20)14(22)9-18(25-15)27-17-8-13(21)7-16(23)26-17/h2-6,13-23H,1,7-10H2/t13?,14?,15?,16?,17?,18-,19+,20?/m1/s1. The SMILES string of the molecule is C=Cc1ccc(C2OCC3O[C@H](OC4CC(O)CC(O)O4)CC(O)[C@@H]3O2)cc1. The molecule has 1 aromatic rings. The highest BCUT2D eigenvalue weighted by Crippen LogP contribution is 2.35. The van der Waals surface area contributed by atoms with Crippen LogP contribution in [0.15, 0.2) is 30.8 Å². The zero-order valence-corrected chi connectivity index (χ0v) is 15.4. The number of benzene rings is 1. The molecule has 3 heterocycles. The van der Waals surface area contributed by atoms with E-state index in [1.54, 1.807) is 6.08 Å². The third-order valence-electron chi connectivity index (χ3n) is 5.19. The number of fused-ring (bicyclic) bond motifs is 1. The van der Waals surface area contributed by atoms with Crippen LogP contribution in [0.3, 0.4) is 0 Å². The Morgan fingerprint density at radius 1 is 0.964 bits per heavy atom. The zero-order chi connectivity index (χ0) is 19.7. The van der Waals surface area contributed by atoms with Gasteiger partial charge in [0.15, 0.2) is 25.2 Å². The second-order valence-corrected chi connectivity index (χ2v) is 7.33. The number of hydrogen-bond donors (Lipinski definition) is 3. The highest BCUT2D eigenvalue weighted by atomic mass is 16.8. The highest BCUT2D eigenvalue weighted by molar-refractivity contribution is 5.47. The Labute approximate surface area is 163 Å². The van der Waals surface area contributed by atoms with Crippen LogP contribution in [0.5, 0.6) is 0 Å². The summed E-state index contributed by atoms with van der Waals surface area (Å²) in [4.78, 5) is 0. The molecule has 3 N–H and O–H groups in total. The van der Waals surface area contributed by atoms with Crippen LogP contribution in [0.4, 0.5) is 0 Å². The van der Waals surface area contributed by atoms with Gasteiger partial charge in [0.25, 0.3) is 0 Å². The number of rotatable bonds is 4. The maximum Gasteiger partial charge on any atom is 0.184 e. The van der Waals surface area contributed by atoms with Crippen molar-refractivity contribution in [2.24, 2.45) is 0 Å². The van der Waals surface area contributed by atoms with Gasteiger partial charge < -0.3 is 39.0 Å². The van der Waals surface area contributed by atoms with E-state index in [1.807, 2.05) is 24.3 Å². The van der Waals surface area contributed by atoms with Crippen molar-refractivity contribution in [3.8, 4) is 0 Å². The summed E-state index contributed by atoms with van der Waals surface area (Å²) in [5.74, 6) is 0. The topological polar surface area (TPSA) is 107 Å². The lowest BCUT2D eigenvalue weighted by Gasteiger charge is -2.45. The molecule has 0 radical (unpaired) electrons. The van der Waals surface area contributed by atoms with Gasteiger partial charge in [0, 0.05) is 24.8 Å². The van der Waals surface area contributed by atoms with E-state index in [1.165, 1.54) is 0 Å². The Kier molecular flexibility index (Phi) is 6.10. The van der Waals surface area contributed by atoms with Crippen molar-refractivity contribution >= 4 is 6.08 Å². The van der Waals surface area contributed by atoms with E-state index in [0.29, 0.717) is 0 Å². The van der Waals surface area contributed by atoms with Crippen LogP contribution < -0.4 is 0 Å². The van der Waals surface area contributed by atoms with Crippen LogP contribution in [0.1, 0.15) is 36.7 Å². The first-order chi connectivity index (χ1) is 13.5. The second-order valence-electron chi connectivity index (χ2n) is 7.33. The van der Waals surface area contributed by atoms with Gasteiger partial charge in [0.1, 0.15) is 12.2 Å². The van der Waals surface area contributed by atoms with Crippen LogP contribution in [0, 0.1) is 0 Å². The van der Waals surface area contributed by atoms with Gasteiger partial charge in [-0.25, -0.2) is 0 Å². The van der Waals surface area contributed by atoms with Crippen molar-refractivity contribution in [1.82, 2.24) is 0 Å². The Morgan fingerprint density at radius 3 is 2.43 bits per heavy atom. The molecule has 0 amide bonds. The van der Waals surface area contributed by atoms with Gasteiger partial charge in [-0.2, -0.15) is 0 Å². The summed E-state index contributed by atoms with van der Waals surface area (Å²) < 4.78 is 28.5. The van der Waals surface area contributed by atoms with Gasteiger partial charge >= 0.3 is 0 Å². The molecule has 0 aromatic heterocycles. The van der Waals surface area contributed by atoms with Crippen molar-refractivity contribution in [2.45, 2.75) is 68.8 Å². The summed E-state index contributed by atoms with van der Waals surface area (Å²) in [6.07, 6.45) is -3.41. The van der Waals surface area contributed by atoms with Gasteiger partial charge in [0.2, 0.25) is 0 Å². The van der Waals surface area contributed by atoms with Crippen molar-refractivity contribution in [3.63, 3.8) is 0 Å². The molecule has 6 unspecified atom stereocenters. The maximum absolute atomic E-state index is 10.6. The molecule has 0 aliphatic carbocycles. The van der Waals surface area contributed by atoms with Gasteiger partial charge in [-0.3, -0.25) is 0 Å². The maximum atomic E-state index is 10.6. The largest absolute Gasteiger partial charge is 0.393 e. The van der Waals surface area contributed by atoms with Crippen molar-refractivity contribution in [1.29, 1.82) is 0 Å². The molecule has 154 valence electrons. The number of hydrogen-bond acceptors (Lipinski definition) is 8. The molecule has 3 saturated heterocycles. The van der Waals surface area contributed by atoms with E-state index < -0.39 is 49.6 Å². The monoisotopic (exact) mass is 394 g/mol. The van der Waals surface area contributed by atoms with Crippen LogP contribution >= 0.6 is 0 Å². The number of ether oxygens (including phenoxy) is 5. The van der Waals surface area contributed by atoms with E-state index in [4.69, 9.17) is 23.7 Å². The molecule has 3 aliphatic rings. The van der Waals surface area contributed by atoms with E-state index in [9.17, 15) is 15.3 Å². The first kappa shape index (κ1) is 19.9. The normalized spacial score (nSPS) is 41.2. The molecule has 3 aliphatic heterocycles. The average molecular weight is 394 g/mol. The van der Waals surface area contributed by atoms with Crippen LogP contribution in [-0.2, 0) is 23.7 Å². The minimum atomic E-state index is -1.08. The molecule has 8 heteroatoms. The fraction of sp³-hybridized carbons (Fsp3) is 0.600.